The Hall–Kier alpha value is -3.31. The van der Waals surface area contributed by atoms with Crippen LogP contribution in [0, 0.1) is 0 Å². The third-order valence-electron chi connectivity index (χ3n) is 3.84. The summed E-state index contributed by atoms with van der Waals surface area (Å²) in [4.78, 5) is 16.4. The van der Waals surface area contributed by atoms with Crippen LogP contribution in [0.2, 0.25) is 5.02 Å². The minimum Gasteiger partial charge on any atom is -0.494 e. The van der Waals surface area contributed by atoms with Gasteiger partial charge < -0.3 is 14.8 Å². The zero-order valence-electron chi connectivity index (χ0n) is 15.3. The fraction of sp³-hybridized carbons (Fsp3) is 0.0909. The second kappa shape index (κ2) is 9.58. The average Bonchev–Trinajstić information content (AvgIpc) is 2.73. The largest absolute Gasteiger partial charge is 0.494 e. The van der Waals surface area contributed by atoms with E-state index in [-0.39, 0.29) is 12.5 Å². The number of benzene rings is 3. The molecule has 0 spiro atoms. The number of amides is 1. The molecule has 6 heteroatoms. The Morgan fingerprint density at radius 1 is 1.04 bits per heavy atom. The summed E-state index contributed by atoms with van der Waals surface area (Å²) < 4.78 is 10.8. The molecule has 1 amide bonds. The van der Waals surface area contributed by atoms with Crippen LogP contribution in [-0.2, 0) is 4.79 Å². The van der Waals surface area contributed by atoms with Crippen LogP contribution in [0.25, 0.3) is 0 Å². The fourth-order valence-electron chi connectivity index (χ4n) is 2.43. The molecule has 0 fully saturated rings. The van der Waals surface area contributed by atoms with E-state index in [9.17, 15) is 4.79 Å². The van der Waals surface area contributed by atoms with Crippen LogP contribution in [0.5, 0.6) is 11.5 Å². The first-order valence-corrected chi connectivity index (χ1v) is 8.98. The molecule has 0 radical (unpaired) electrons. The summed E-state index contributed by atoms with van der Waals surface area (Å²) in [5, 5.41) is 3.19. The molecular weight excluding hydrogens is 376 g/mol. The van der Waals surface area contributed by atoms with Crippen molar-refractivity contribution in [2.75, 3.05) is 19.0 Å². The van der Waals surface area contributed by atoms with Gasteiger partial charge in [0.2, 0.25) is 0 Å². The number of carbonyl (C=O) groups excluding carboxylic acids is 1. The average molecular weight is 395 g/mol. The van der Waals surface area contributed by atoms with Gasteiger partial charge >= 0.3 is 0 Å². The lowest BCUT2D eigenvalue weighted by molar-refractivity contribution is -0.118. The standard InChI is InChI=1S/C22H19ClN2O3/c1-27-21-9-5-4-8-20(21)24-14-16-10-12-17(13-11-16)28-15-22(26)25-19-7-3-2-6-18(19)23/h2-14H,15H2,1H3,(H,25,26). The Labute approximate surface area is 168 Å². The van der Waals surface area contributed by atoms with Gasteiger partial charge in [-0.1, -0.05) is 35.9 Å². The first-order chi connectivity index (χ1) is 13.7. The molecule has 0 aliphatic heterocycles. The zero-order valence-corrected chi connectivity index (χ0v) is 16.0. The SMILES string of the molecule is COc1ccccc1N=Cc1ccc(OCC(=O)Nc2ccccc2Cl)cc1. The number of nitrogens with one attached hydrogen (secondary N) is 1. The molecular formula is C22H19ClN2O3. The van der Waals surface area contributed by atoms with Crippen molar-refractivity contribution in [2.45, 2.75) is 0 Å². The van der Waals surface area contributed by atoms with Crippen LogP contribution in [0.15, 0.2) is 77.8 Å². The summed E-state index contributed by atoms with van der Waals surface area (Å²) in [6.45, 7) is -0.111. The normalized spacial score (nSPS) is 10.6. The van der Waals surface area contributed by atoms with E-state index in [1.54, 1.807) is 49.7 Å². The molecule has 0 aliphatic rings. The maximum absolute atomic E-state index is 12.0. The number of para-hydroxylation sites is 3. The summed E-state index contributed by atoms with van der Waals surface area (Å²) >= 11 is 6.02. The molecule has 3 aromatic rings. The second-order valence-corrected chi connectivity index (χ2v) is 6.22. The quantitative estimate of drug-likeness (QED) is 0.566. The van der Waals surface area contributed by atoms with Crippen molar-refractivity contribution in [3.05, 3.63) is 83.4 Å². The number of rotatable bonds is 7. The lowest BCUT2D eigenvalue weighted by Crippen LogP contribution is -2.20. The molecule has 0 aliphatic carbocycles. The van der Waals surface area contributed by atoms with Crippen molar-refractivity contribution >= 4 is 35.1 Å². The van der Waals surface area contributed by atoms with Crippen molar-refractivity contribution in [3.63, 3.8) is 0 Å². The highest BCUT2D eigenvalue weighted by molar-refractivity contribution is 6.33. The van der Waals surface area contributed by atoms with Crippen molar-refractivity contribution in [3.8, 4) is 11.5 Å². The topological polar surface area (TPSA) is 59.9 Å². The Bertz CT molecular complexity index is 972. The number of nitrogens with zero attached hydrogens (tertiary/aromatic N) is 1. The third-order valence-corrected chi connectivity index (χ3v) is 4.17. The zero-order chi connectivity index (χ0) is 19.8. The number of hydrogen-bond donors (Lipinski definition) is 1. The summed E-state index contributed by atoms with van der Waals surface area (Å²) in [5.74, 6) is 1.02. The fourth-order valence-corrected chi connectivity index (χ4v) is 2.61. The highest BCUT2D eigenvalue weighted by atomic mass is 35.5. The predicted octanol–water partition coefficient (Wildman–Crippen LogP) is 5.12. The summed E-state index contributed by atoms with van der Waals surface area (Å²) in [6, 6.07) is 21.9. The Morgan fingerprint density at radius 3 is 2.50 bits per heavy atom. The molecule has 0 heterocycles. The van der Waals surface area contributed by atoms with Crippen molar-refractivity contribution in [2.24, 2.45) is 4.99 Å². The van der Waals surface area contributed by atoms with Gasteiger partial charge in [-0.2, -0.15) is 0 Å². The molecule has 3 rings (SSSR count). The van der Waals surface area contributed by atoms with Gasteiger partial charge in [-0.15, -0.1) is 0 Å². The van der Waals surface area contributed by atoms with Crippen LogP contribution >= 0.6 is 11.6 Å². The Morgan fingerprint density at radius 2 is 1.75 bits per heavy atom. The van der Waals surface area contributed by atoms with Gasteiger partial charge in [0, 0.05) is 6.21 Å². The van der Waals surface area contributed by atoms with Crippen LogP contribution in [-0.4, -0.2) is 25.8 Å². The van der Waals surface area contributed by atoms with E-state index in [0.29, 0.717) is 22.2 Å². The van der Waals surface area contributed by atoms with E-state index < -0.39 is 0 Å². The Balaban J connectivity index is 1.55. The van der Waals surface area contributed by atoms with Gasteiger partial charge in [0.15, 0.2) is 6.61 Å². The molecule has 142 valence electrons. The number of ether oxygens (including phenoxy) is 2. The summed E-state index contributed by atoms with van der Waals surface area (Å²) in [5.41, 5.74) is 2.21. The van der Waals surface area contributed by atoms with E-state index in [1.165, 1.54) is 0 Å². The van der Waals surface area contributed by atoms with Crippen LogP contribution in [0.4, 0.5) is 11.4 Å². The van der Waals surface area contributed by atoms with Crippen molar-refractivity contribution in [1.29, 1.82) is 0 Å². The van der Waals surface area contributed by atoms with Gasteiger partial charge in [-0.3, -0.25) is 9.79 Å². The van der Waals surface area contributed by atoms with Crippen molar-refractivity contribution < 1.29 is 14.3 Å². The van der Waals surface area contributed by atoms with E-state index in [1.807, 2.05) is 36.4 Å². The second-order valence-electron chi connectivity index (χ2n) is 5.82. The van der Waals surface area contributed by atoms with E-state index >= 15 is 0 Å². The van der Waals surface area contributed by atoms with Gasteiger partial charge in [0.05, 0.1) is 17.8 Å². The lowest BCUT2D eigenvalue weighted by atomic mass is 10.2. The third kappa shape index (κ3) is 5.34. The maximum Gasteiger partial charge on any atom is 0.262 e. The number of halogens is 1. The number of anilines is 1. The molecule has 0 atom stereocenters. The molecule has 28 heavy (non-hydrogen) atoms. The minimum atomic E-state index is -0.282. The lowest BCUT2D eigenvalue weighted by Gasteiger charge is -2.08. The van der Waals surface area contributed by atoms with Crippen LogP contribution in [0.3, 0.4) is 0 Å². The van der Waals surface area contributed by atoms with E-state index in [0.717, 1.165) is 11.3 Å². The summed E-state index contributed by atoms with van der Waals surface area (Å²) in [7, 11) is 1.61. The number of hydrogen-bond acceptors (Lipinski definition) is 4. The van der Waals surface area contributed by atoms with E-state index in [4.69, 9.17) is 21.1 Å². The highest BCUT2D eigenvalue weighted by Crippen LogP contribution is 2.26. The van der Waals surface area contributed by atoms with Crippen LogP contribution < -0.4 is 14.8 Å². The monoisotopic (exact) mass is 394 g/mol. The molecule has 1 N–H and O–H groups in total. The predicted molar refractivity (Wildman–Crippen MR) is 112 cm³/mol. The molecule has 0 saturated heterocycles. The number of methoxy groups -OCH3 is 1. The highest BCUT2D eigenvalue weighted by Gasteiger charge is 2.06. The molecule has 3 aromatic carbocycles. The molecule has 0 bridgehead atoms. The first-order valence-electron chi connectivity index (χ1n) is 8.60. The molecule has 0 unspecified atom stereocenters. The van der Waals surface area contributed by atoms with E-state index in [2.05, 4.69) is 10.3 Å². The molecule has 5 nitrogen and oxygen atoms in total. The van der Waals surface area contributed by atoms with Gasteiger partial charge in [0.25, 0.3) is 5.91 Å². The molecule has 0 aromatic heterocycles. The molecule has 0 saturated carbocycles. The van der Waals surface area contributed by atoms with Gasteiger partial charge in [-0.25, -0.2) is 0 Å². The maximum atomic E-state index is 12.0. The number of aliphatic imine (C=N–C) groups is 1. The summed E-state index contributed by atoms with van der Waals surface area (Å²) in [6.07, 6.45) is 1.74. The smallest absolute Gasteiger partial charge is 0.262 e. The van der Waals surface area contributed by atoms with Gasteiger partial charge in [-0.05, 0) is 54.1 Å². The Kier molecular flexibility index (Phi) is 6.65. The van der Waals surface area contributed by atoms with Gasteiger partial charge in [0.1, 0.15) is 17.2 Å². The van der Waals surface area contributed by atoms with Crippen molar-refractivity contribution in [1.82, 2.24) is 0 Å². The number of carbonyl (C=O) groups is 1. The first kappa shape index (κ1) is 19.5. The van der Waals surface area contributed by atoms with Crippen LogP contribution in [0.1, 0.15) is 5.56 Å². The minimum absolute atomic E-state index is 0.111.